The number of halogens is 2. The second-order valence-electron chi connectivity index (χ2n) is 3.27. The first-order valence-electron chi connectivity index (χ1n) is 4.59. The van der Waals surface area contributed by atoms with E-state index in [1.165, 1.54) is 21.1 Å². The van der Waals surface area contributed by atoms with Crippen molar-refractivity contribution in [3.63, 3.8) is 0 Å². The van der Waals surface area contributed by atoms with Crippen LogP contribution < -0.4 is 9.47 Å². The number of carbonyl (C=O) groups excluding carboxylic acids is 1. The highest BCUT2D eigenvalue weighted by atomic mass is 19.1. The third-order valence-electron chi connectivity index (χ3n) is 2.09. The van der Waals surface area contributed by atoms with Gasteiger partial charge in [0.15, 0.2) is 23.1 Å². The lowest BCUT2D eigenvalue weighted by atomic mass is 10.1. The predicted molar refractivity (Wildman–Crippen MR) is 53.8 cm³/mol. The van der Waals surface area contributed by atoms with Crippen LogP contribution >= 0.6 is 0 Å². The summed E-state index contributed by atoms with van der Waals surface area (Å²) in [6, 6.07) is 1.11. The standard InChI is InChI=1S/C11H12F2O3/c1-6(14)4-7-10(12)8(15-2)5-9(16-3)11(7)13/h5H,4H2,1-3H3. The van der Waals surface area contributed by atoms with E-state index in [2.05, 4.69) is 0 Å². The van der Waals surface area contributed by atoms with E-state index in [0.717, 1.165) is 6.07 Å². The van der Waals surface area contributed by atoms with Gasteiger partial charge in [-0.1, -0.05) is 0 Å². The van der Waals surface area contributed by atoms with E-state index in [1.807, 2.05) is 0 Å². The first kappa shape index (κ1) is 12.4. The molecular formula is C11H12F2O3. The van der Waals surface area contributed by atoms with Gasteiger partial charge in [0.05, 0.1) is 14.2 Å². The molecule has 0 aromatic heterocycles. The van der Waals surface area contributed by atoms with Gasteiger partial charge < -0.3 is 9.47 Å². The Labute approximate surface area is 92.0 Å². The van der Waals surface area contributed by atoms with Gasteiger partial charge in [-0.3, -0.25) is 4.79 Å². The van der Waals surface area contributed by atoms with Crippen LogP contribution in [0.25, 0.3) is 0 Å². The molecule has 3 nitrogen and oxygen atoms in total. The smallest absolute Gasteiger partial charge is 0.171 e. The summed E-state index contributed by atoms with van der Waals surface area (Å²) in [7, 11) is 2.51. The van der Waals surface area contributed by atoms with E-state index in [9.17, 15) is 13.6 Å². The number of Topliss-reactive ketones (excluding diaryl/α,β-unsaturated/α-hetero) is 1. The molecule has 0 fully saturated rings. The van der Waals surface area contributed by atoms with Crippen molar-refractivity contribution < 1.29 is 23.0 Å². The molecule has 1 rings (SSSR count). The highest BCUT2D eigenvalue weighted by Crippen LogP contribution is 2.31. The van der Waals surface area contributed by atoms with Gasteiger partial charge in [-0.05, 0) is 6.92 Å². The fraction of sp³-hybridized carbons (Fsp3) is 0.364. The van der Waals surface area contributed by atoms with Gasteiger partial charge in [-0.15, -0.1) is 0 Å². The molecule has 0 heterocycles. The monoisotopic (exact) mass is 230 g/mol. The number of hydrogen-bond donors (Lipinski definition) is 0. The maximum atomic E-state index is 13.6. The van der Waals surface area contributed by atoms with Crippen LogP contribution in [0.4, 0.5) is 8.78 Å². The SMILES string of the molecule is COc1cc(OC)c(F)c(CC(C)=O)c1F. The highest BCUT2D eigenvalue weighted by Gasteiger charge is 2.20. The highest BCUT2D eigenvalue weighted by molar-refractivity contribution is 5.78. The topological polar surface area (TPSA) is 35.5 Å². The van der Waals surface area contributed by atoms with E-state index in [0.29, 0.717) is 0 Å². The fourth-order valence-electron chi connectivity index (χ4n) is 1.34. The summed E-state index contributed by atoms with van der Waals surface area (Å²) in [5.74, 6) is -2.36. The first-order chi connectivity index (χ1) is 7.51. The van der Waals surface area contributed by atoms with Crippen molar-refractivity contribution in [2.24, 2.45) is 0 Å². The minimum Gasteiger partial charge on any atom is -0.494 e. The van der Waals surface area contributed by atoms with E-state index in [1.54, 1.807) is 0 Å². The van der Waals surface area contributed by atoms with Gasteiger partial charge in [0.1, 0.15) is 5.78 Å². The molecule has 0 aliphatic heterocycles. The van der Waals surface area contributed by atoms with Crippen LogP contribution in [0.15, 0.2) is 6.07 Å². The minimum atomic E-state index is -0.865. The van der Waals surface area contributed by atoms with Crippen LogP contribution in [0.1, 0.15) is 12.5 Å². The first-order valence-corrected chi connectivity index (χ1v) is 4.59. The number of hydrogen-bond acceptors (Lipinski definition) is 3. The number of methoxy groups -OCH3 is 2. The maximum absolute atomic E-state index is 13.6. The van der Waals surface area contributed by atoms with Gasteiger partial charge in [0.2, 0.25) is 0 Å². The van der Waals surface area contributed by atoms with Gasteiger partial charge in [-0.25, -0.2) is 8.78 Å². The summed E-state index contributed by atoms with van der Waals surface area (Å²) >= 11 is 0. The molecule has 1 aromatic carbocycles. The average molecular weight is 230 g/mol. The van der Waals surface area contributed by atoms with Crippen molar-refractivity contribution in [1.29, 1.82) is 0 Å². The number of ether oxygens (including phenoxy) is 2. The van der Waals surface area contributed by atoms with Crippen molar-refractivity contribution in [3.05, 3.63) is 23.3 Å². The Morgan fingerprint density at radius 3 is 1.94 bits per heavy atom. The van der Waals surface area contributed by atoms with Crippen LogP contribution in [-0.4, -0.2) is 20.0 Å². The minimum absolute atomic E-state index is 0.144. The Hall–Kier alpha value is -1.65. The molecule has 0 atom stereocenters. The van der Waals surface area contributed by atoms with Gasteiger partial charge in [0.25, 0.3) is 0 Å². The Morgan fingerprint density at radius 1 is 1.19 bits per heavy atom. The summed E-state index contributed by atoms with van der Waals surface area (Å²) in [5, 5.41) is 0. The molecule has 88 valence electrons. The van der Waals surface area contributed by atoms with Crippen molar-refractivity contribution in [2.75, 3.05) is 14.2 Å². The molecule has 0 radical (unpaired) electrons. The van der Waals surface area contributed by atoms with E-state index < -0.39 is 11.6 Å². The Kier molecular flexibility index (Phi) is 3.82. The summed E-state index contributed by atoms with van der Waals surface area (Å²) in [5.41, 5.74) is -0.330. The van der Waals surface area contributed by atoms with E-state index >= 15 is 0 Å². The molecule has 0 aliphatic rings. The van der Waals surface area contributed by atoms with Crippen molar-refractivity contribution in [1.82, 2.24) is 0 Å². The summed E-state index contributed by atoms with van der Waals surface area (Å²) in [6.07, 6.45) is -0.328. The molecule has 0 unspecified atom stereocenters. The van der Waals surface area contributed by atoms with Crippen LogP contribution in [0, 0.1) is 11.6 Å². The molecule has 16 heavy (non-hydrogen) atoms. The second-order valence-corrected chi connectivity index (χ2v) is 3.27. The van der Waals surface area contributed by atoms with Gasteiger partial charge >= 0.3 is 0 Å². The largest absolute Gasteiger partial charge is 0.494 e. The summed E-state index contributed by atoms with van der Waals surface area (Å²) < 4.78 is 36.7. The van der Waals surface area contributed by atoms with Crippen molar-refractivity contribution >= 4 is 5.78 Å². The average Bonchev–Trinajstić information content (AvgIpc) is 2.24. The lowest BCUT2D eigenvalue weighted by Gasteiger charge is -2.11. The van der Waals surface area contributed by atoms with Crippen LogP contribution in [0.3, 0.4) is 0 Å². The molecule has 0 spiro atoms. The van der Waals surface area contributed by atoms with Crippen molar-refractivity contribution in [2.45, 2.75) is 13.3 Å². The third kappa shape index (κ3) is 2.29. The zero-order valence-electron chi connectivity index (χ0n) is 9.27. The number of benzene rings is 1. The Bertz CT molecular complexity index is 388. The number of rotatable bonds is 4. The van der Waals surface area contributed by atoms with Gasteiger partial charge in [0, 0.05) is 18.1 Å². The molecule has 0 aliphatic carbocycles. The molecule has 0 saturated heterocycles. The summed E-state index contributed by atoms with van der Waals surface area (Å²) in [6.45, 7) is 1.25. The fourth-order valence-corrected chi connectivity index (χ4v) is 1.34. The molecule has 0 N–H and O–H groups in total. The molecule has 0 saturated carbocycles. The van der Waals surface area contributed by atoms with Crippen LogP contribution in [-0.2, 0) is 11.2 Å². The molecule has 1 aromatic rings. The Balaban J connectivity index is 3.36. The normalized spacial score (nSPS) is 10.1. The Morgan fingerprint density at radius 2 is 1.62 bits per heavy atom. The van der Waals surface area contributed by atoms with Gasteiger partial charge in [-0.2, -0.15) is 0 Å². The second kappa shape index (κ2) is 4.92. The van der Waals surface area contributed by atoms with E-state index in [4.69, 9.17) is 9.47 Å². The summed E-state index contributed by atoms with van der Waals surface area (Å²) in [4.78, 5) is 10.9. The third-order valence-corrected chi connectivity index (χ3v) is 2.09. The molecular weight excluding hydrogens is 218 g/mol. The molecule has 0 bridgehead atoms. The molecule has 0 amide bonds. The lowest BCUT2D eigenvalue weighted by molar-refractivity contribution is -0.116. The zero-order chi connectivity index (χ0) is 12.3. The van der Waals surface area contributed by atoms with Crippen LogP contribution in [0.2, 0.25) is 0 Å². The zero-order valence-corrected chi connectivity index (χ0v) is 9.27. The number of carbonyl (C=O) groups is 1. The van der Waals surface area contributed by atoms with E-state index in [-0.39, 0.29) is 29.3 Å². The predicted octanol–water partition coefficient (Wildman–Crippen LogP) is 2.11. The molecule has 5 heteroatoms. The number of ketones is 1. The maximum Gasteiger partial charge on any atom is 0.171 e. The van der Waals surface area contributed by atoms with Crippen molar-refractivity contribution in [3.8, 4) is 11.5 Å². The quantitative estimate of drug-likeness (QED) is 0.794. The lowest BCUT2D eigenvalue weighted by Crippen LogP contribution is -2.06. The van der Waals surface area contributed by atoms with Crippen LogP contribution in [0.5, 0.6) is 11.5 Å².